The number of halogens is 1. The van der Waals surface area contributed by atoms with Crippen LogP contribution in [-0.2, 0) is 9.84 Å². The van der Waals surface area contributed by atoms with Gasteiger partial charge in [-0.1, -0.05) is 27.7 Å². The Kier molecular flexibility index (Phi) is 4.22. The second-order valence-corrected chi connectivity index (χ2v) is 7.25. The van der Waals surface area contributed by atoms with E-state index in [0.717, 1.165) is 0 Å². The Morgan fingerprint density at radius 3 is 2.00 bits per heavy atom. The van der Waals surface area contributed by atoms with Crippen LogP contribution in [0, 0.1) is 5.41 Å². The lowest BCUT2D eigenvalue weighted by atomic mass is 9.90. The van der Waals surface area contributed by atoms with E-state index in [2.05, 4.69) is 0 Å². The van der Waals surface area contributed by atoms with Gasteiger partial charge in [-0.05, 0) is 5.41 Å². The summed E-state index contributed by atoms with van der Waals surface area (Å²) in [5, 5.41) is 9.61. The Hall–Kier alpha value is 0.200. The van der Waals surface area contributed by atoms with Gasteiger partial charge in [0.1, 0.15) is 0 Å². The third-order valence-corrected chi connectivity index (χ3v) is 4.68. The second kappa shape index (κ2) is 4.15. The first-order valence-electron chi connectivity index (χ1n) is 4.16. The first kappa shape index (κ1) is 13.2. The van der Waals surface area contributed by atoms with Gasteiger partial charge < -0.3 is 5.11 Å². The summed E-state index contributed by atoms with van der Waals surface area (Å²) < 4.78 is 21.4. The van der Waals surface area contributed by atoms with Gasteiger partial charge in [0.05, 0.1) is 6.10 Å². The minimum absolute atomic E-state index is 0.0473. The number of sulfone groups is 1. The molecule has 0 aromatic heterocycles. The van der Waals surface area contributed by atoms with E-state index >= 15 is 0 Å². The summed E-state index contributed by atoms with van der Waals surface area (Å²) in [4.78, 5) is 0. The van der Waals surface area contributed by atoms with Crippen molar-refractivity contribution < 1.29 is 13.5 Å². The number of rotatable bonds is 3. The molecule has 0 radical (unpaired) electrons. The van der Waals surface area contributed by atoms with Gasteiger partial charge in [0.2, 0.25) is 0 Å². The number of hydrogen-bond acceptors (Lipinski definition) is 3. The van der Waals surface area contributed by atoms with Gasteiger partial charge in [-0.25, -0.2) is 8.42 Å². The summed E-state index contributed by atoms with van der Waals surface area (Å²) in [6, 6.07) is 0. The fourth-order valence-electron chi connectivity index (χ4n) is 0.749. The van der Waals surface area contributed by atoms with Gasteiger partial charge >= 0.3 is 0 Å². The van der Waals surface area contributed by atoms with Gasteiger partial charge in [-0.2, -0.15) is 0 Å². The summed E-state index contributed by atoms with van der Waals surface area (Å²) in [5.41, 5.74) is -0.519. The molecule has 5 heteroatoms. The molecule has 0 saturated carbocycles. The maximum absolute atomic E-state index is 11.3. The van der Waals surface area contributed by atoms with Crippen LogP contribution < -0.4 is 0 Å². The fraction of sp³-hybridized carbons (Fsp3) is 1.00. The summed E-state index contributed by atoms with van der Waals surface area (Å²) in [7, 11) is -3.37. The van der Waals surface area contributed by atoms with Crippen LogP contribution in [0.3, 0.4) is 0 Å². The highest BCUT2D eigenvalue weighted by atomic mass is 35.5. The van der Waals surface area contributed by atoms with E-state index in [1.165, 1.54) is 6.92 Å². The highest BCUT2D eigenvalue weighted by Crippen LogP contribution is 2.27. The van der Waals surface area contributed by atoms with Crippen molar-refractivity contribution in [3.63, 3.8) is 0 Å². The lowest BCUT2D eigenvalue weighted by molar-refractivity contribution is 0.0746. The summed E-state index contributed by atoms with van der Waals surface area (Å²) in [5.74, 6) is -0.0473. The third-order valence-electron chi connectivity index (χ3n) is 1.88. The average molecular weight is 229 g/mol. The average Bonchev–Trinajstić information content (AvgIpc) is 2.00. The fourth-order valence-corrected chi connectivity index (χ4v) is 2.62. The molecule has 0 heterocycles. The third kappa shape index (κ3) is 3.44. The lowest BCUT2D eigenvalue weighted by Gasteiger charge is -2.28. The Bertz CT molecular complexity index is 253. The molecule has 13 heavy (non-hydrogen) atoms. The molecule has 0 amide bonds. The van der Waals surface area contributed by atoms with Crippen LogP contribution in [-0.4, -0.2) is 30.1 Å². The minimum Gasteiger partial charge on any atom is -0.390 e. The maximum atomic E-state index is 11.3. The van der Waals surface area contributed by atoms with Crippen LogP contribution in [0.5, 0.6) is 0 Å². The van der Waals surface area contributed by atoms with E-state index < -0.39 is 26.1 Å². The van der Waals surface area contributed by atoms with Crippen LogP contribution in [0.15, 0.2) is 0 Å². The van der Waals surface area contributed by atoms with Crippen LogP contribution in [0.4, 0.5) is 0 Å². The quantitative estimate of drug-likeness (QED) is 0.743. The minimum atomic E-state index is -3.37. The molecule has 2 atom stereocenters. The SMILES string of the molecule is CCS(=O)(=O)[C@@H](Cl)[C@H](O)C(C)(C)C. The molecule has 0 fully saturated rings. The Morgan fingerprint density at radius 1 is 1.38 bits per heavy atom. The van der Waals surface area contributed by atoms with Gasteiger partial charge in [0.25, 0.3) is 0 Å². The molecule has 3 nitrogen and oxygen atoms in total. The van der Waals surface area contributed by atoms with Gasteiger partial charge in [-0.15, -0.1) is 11.6 Å². The molecule has 80 valence electrons. The van der Waals surface area contributed by atoms with Crippen molar-refractivity contribution >= 4 is 21.4 Å². The molecule has 0 saturated heterocycles. The first-order chi connectivity index (χ1) is 5.63. The van der Waals surface area contributed by atoms with Crippen molar-refractivity contribution in [2.24, 2.45) is 5.41 Å². The van der Waals surface area contributed by atoms with Crippen molar-refractivity contribution in [2.75, 3.05) is 5.75 Å². The molecule has 0 aliphatic heterocycles. The molecule has 0 aromatic rings. The van der Waals surface area contributed by atoms with Crippen molar-refractivity contribution in [1.82, 2.24) is 0 Å². The smallest absolute Gasteiger partial charge is 0.169 e. The van der Waals surface area contributed by atoms with E-state index in [1.807, 2.05) is 0 Å². The highest BCUT2D eigenvalue weighted by Gasteiger charge is 2.36. The summed E-state index contributed by atoms with van der Waals surface area (Å²) >= 11 is 5.67. The zero-order valence-corrected chi connectivity index (χ0v) is 9.98. The van der Waals surface area contributed by atoms with Crippen molar-refractivity contribution in [3.8, 4) is 0 Å². The molecule has 1 N–H and O–H groups in total. The Morgan fingerprint density at radius 2 is 1.77 bits per heavy atom. The largest absolute Gasteiger partial charge is 0.390 e. The van der Waals surface area contributed by atoms with E-state index in [1.54, 1.807) is 20.8 Å². The van der Waals surface area contributed by atoms with Crippen LogP contribution in [0.25, 0.3) is 0 Å². The first-order valence-corrected chi connectivity index (χ1v) is 6.32. The van der Waals surface area contributed by atoms with Crippen LogP contribution in [0.2, 0.25) is 0 Å². The molecular weight excluding hydrogens is 212 g/mol. The highest BCUT2D eigenvalue weighted by molar-refractivity contribution is 7.93. The van der Waals surface area contributed by atoms with Crippen molar-refractivity contribution in [1.29, 1.82) is 0 Å². The monoisotopic (exact) mass is 228 g/mol. The number of hydrogen-bond donors (Lipinski definition) is 1. The second-order valence-electron chi connectivity index (χ2n) is 4.11. The summed E-state index contributed by atoms with van der Waals surface area (Å²) in [6.07, 6.45) is -1.04. The van der Waals surface area contributed by atoms with E-state index in [0.29, 0.717) is 0 Å². The predicted octanol–water partition coefficient (Wildman–Crippen LogP) is 1.39. The lowest BCUT2D eigenvalue weighted by Crippen LogP contribution is -2.39. The van der Waals surface area contributed by atoms with Gasteiger partial charge in [0, 0.05) is 5.75 Å². The molecule has 0 unspecified atom stereocenters. The number of alkyl halides is 1. The molecule has 0 aromatic carbocycles. The molecule has 0 aliphatic rings. The zero-order valence-electron chi connectivity index (χ0n) is 8.41. The van der Waals surface area contributed by atoms with E-state index in [9.17, 15) is 13.5 Å². The van der Waals surface area contributed by atoms with E-state index in [-0.39, 0.29) is 5.75 Å². The predicted molar refractivity (Wildman–Crippen MR) is 54.6 cm³/mol. The molecule has 0 aliphatic carbocycles. The number of aliphatic hydroxyl groups excluding tert-OH is 1. The van der Waals surface area contributed by atoms with Crippen molar-refractivity contribution in [3.05, 3.63) is 0 Å². The van der Waals surface area contributed by atoms with Crippen LogP contribution in [0.1, 0.15) is 27.7 Å². The van der Waals surface area contributed by atoms with Gasteiger partial charge in [0.15, 0.2) is 14.5 Å². The Labute approximate surface area is 85.0 Å². The number of aliphatic hydroxyl groups is 1. The topological polar surface area (TPSA) is 54.4 Å². The van der Waals surface area contributed by atoms with Gasteiger partial charge in [-0.3, -0.25) is 0 Å². The van der Waals surface area contributed by atoms with E-state index in [4.69, 9.17) is 11.6 Å². The standard InChI is InChI=1S/C8H17ClO3S/c1-5-13(11,12)7(9)6(10)8(2,3)4/h6-7,10H,5H2,1-4H3/t6-,7+/m0/s1. The zero-order chi connectivity index (χ0) is 10.9. The molecular formula is C8H17ClO3S. The van der Waals surface area contributed by atoms with Crippen molar-refractivity contribution in [2.45, 2.75) is 38.5 Å². The molecule has 0 spiro atoms. The maximum Gasteiger partial charge on any atom is 0.169 e. The summed E-state index contributed by atoms with van der Waals surface area (Å²) in [6.45, 7) is 6.76. The van der Waals surface area contributed by atoms with Crippen LogP contribution >= 0.6 is 11.6 Å². The molecule has 0 bridgehead atoms. The molecule has 0 rings (SSSR count). The Balaban J connectivity index is 4.73. The normalized spacial score (nSPS) is 18.3.